The van der Waals surface area contributed by atoms with E-state index in [9.17, 15) is 13.6 Å². The Bertz CT molecular complexity index is 709. The first-order valence-electron chi connectivity index (χ1n) is 7.24. The van der Waals surface area contributed by atoms with Gasteiger partial charge in [-0.1, -0.05) is 48.7 Å². The van der Waals surface area contributed by atoms with E-state index in [0.29, 0.717) is 10.3 Å². The lowest BCUT2D eigenvalue weighted by molar-refractivity contribution is -0.115. The Hall–Kier alpha value is -1.19. The van der Waals surface area contributed by atoms with Crippen molar-refractivity contribution in [3.05, 3.63) is 29.8 Å². The number of nitrogens with zero attached hydrogens (tertiary/aromatic N) is 2. The second-order valence-electron chi connectivity index (χ2n) is 5.41. The molecule has 2 rings (SSSR count). The molecule has 1 amide bonds. The summed E-state index contributed by atoms with van der Waals surface area (Å²) in [6.07, 6.45) is 0. The van der Waals surface area contributed by atoms with Crippen LogP contribution in [0.25, 0.3) is 0 Å². The van der Waals surface area contributed by atoms with Crippen LogP contribution in [0.3, 0.4) is 0 Å². The van der Waals surface area contributed by atoms with Crippen molar-refractivity contribution in [3.63, 3.8) is 0 Å². The summed E-state index contributed by atoms with van der Waals surface area (Å²) >= 11 is 4.33. The molecule has 0 fully saturated rings. The minimum atomic E-state index is -0.802. The summed E-state index contributed by atoms with van der Waals surface area (Å²) < 4.78 is 28.0. The number of hydrogen-bond acceptors (Lipinski definition) is 6. The average Bonchev–Trinajstić information content (AvgIpc) is 2.95. The maximum atomic E-state index is 13.6. The molecule has 1 aromatic carbocycles. The van der Waals surface area contributed by atoms with Crippen molar-refractivity contribution in [1.29, 1.82) is 0 Å². The van der Waals surface area contributed by atoms with E-state index in [0.717, 1.165) is 22.2 Å². The van der Waals surface area contributed by atoms with E-state index < -0.39 is 16.9 Å². The third-order valence-corrected chi connectivity index (χ3v) is 6.43. The SMILES string of the molecule is CC(C)CSc1nnc(S[C@H](C)C(=O)Nc2ccc(F)cc2F)s1. The van der Waals surface area contributed by atoms with E-state index in [-0.39, 0.29) is 11.6 Å². The highest BCUT2D eigenvalue weighted by molar-refractivity contribution is 8.03. The summed E-state index contributed by atoms with van der Waals surface area (Å²) in [5.41, 5.74) is -0.0423. The summed E-state index contributed by atoms with van der Waals surface area (Å²) in [4.78, 5) is 12.1. The molecular formula is C15H17F2N3OS3. The van der Waals surface area contributed by atoms with Gasteiger partial charge in [-0.2, -0.15) is 0 Å². The first-order chi connectivity index (χ1) is 11.3. The fourth-order valence-electron chi connectivity index (χ4n) is 1.57. The zero-order valence-electron chi connectivity index (χ0n) is 13.4. The normalized spacial score (nSPS) is 12.4. The van der Waals surface area contributed by atoms with Gasteiger partial charge in [-0.25, -0.2) is 8.78 Å². The molecule has 1 atom stereocenters. The molecule has 0 aliphatic rings. The van der Waals surface area contributed by atoms with Crippen molar-refractivity contribution in [2.75, 3.05) is 11.1 Å². The van der Waals surface area contributed by atoms with Crippen LogP contribution >= 0.6 is 34.9 Å². The number of halogens is 2. The first-order valence-corrected chi connectivity index (χ1v) is 9.92. The molecule has 0 saturated carbocycles. The number of carbonyl (C=O) groups excluding carboxylic acids is 1. The van der Waals surface area contributed by atoms with Crippen molar-refractivity contribution in [3.8, 4) is 0 Å². The molecule has 1 aromatic heterocycles. The smallest absolute Gasteiger partial charge is 0.237 e. The van der Waals surface area contributed by atoms with Crippen molar-refractivity contribution >= 4 is 46.5 Å². The van der Waals surface area contributed by atoms with Gasteiger partial charge in [0.15, 0.2) is 8.68 Å². The Balaban J connectivity index is 1.91. The van der Waals surface area contributed by atoms with Gasteiger partial charge in [0.05, 0.1) is 10.9 Å². The molecule has 0 bridgehead atoms. The molecular weight excluding hydrogens is 372 g/mol. The molecule has 130 valence electrons. The molecule has 24 heavy (non-hydrogen) atoms. The van der Waals surface area contributed by atoms with E-state index in [1.807, 2.05) is 0 Å². The van der Waals surface area contributed by atoms with Gasteiger partial charge < -0.3 is 5.32 Å². The number of rotatable bonds is 7. The Kier molecular flexibility index (Phi) is 7.00. The van der Waals surface area contributed by atoms with E-state index in [2.05, 4.69) is 29.4 Å². The Morgan fingerprint density at radius 1 is 1.25 bits per heavy atom. The van der Waals surface area contributed by atoms with Crippen LogP contribution in [0.4, 0.5) is 14.5 Å². The number of thioether (sulfide) groups is 2. The molecule has 0 radical (unpaired) electrons. The van der Waals surface area contributed by atoms with E-state index in [1.54, 1.807) is 18.7 Å². The molecule has 0 unspecified atom stereocenters. The lowest BCUT2D eigenvalue weighted by Gasteiger charge is -2.10. The number of benzene rings is 1. The highest BCUT2D eigenvalue weighted by Gasteiger charge is 2.19. The van der Waals surface area contributed by atoms with Crippen LogP contribution in [0.15, 0.2) is 26.9 Å². The van der Waals surface area contributed by atoms with Crippen molar-refractivity contribution < 1.29 is 13.6 Å². The van der Waals surface area contributed by atoms with Crippen LogP contribution in [0.1, 0.15) is 20.8 Å². The van der Waals surface area contributed by atoms with E-state index in [4.69, 9.17) is 0 Å². The second kappa shape index (κ2) is 8.77. The highest BCUT2D eigenvalue weighted by atomic mass is 32.2. The minimum Gasteiger partial charge on any atom is -0.323 e. The van der Waals surface area contributed by atoms with E-state index in [1.165, 1.54) is 29.2 Å². The maximum absolute atomic E-state index is 13.6. The predicted molar refractivity (Wildman–Crippen MR) is 95.8 cm³/mol. The van der Waals surface area contributed by atoms with Crippen LogP contribution in [-0.4, -0.2) is 27.1 Å². The summed E-state index contributed by atoms with van der Waals surface area (Å²) in [5, 5.41) is 10.1. The average molecular weight is 390 g/mol. The fourth-order valence-corrected chi connectivity index (χ4v) is 4.71. The summed E-state index contributed by atoms with van der Waals surface area (Å²) in [6.45, 7) is 5.96. The van der Waals surface area contributed by atoms with Crippen LogP contribution < -0.4 is 5.32 Å². The molecule has 1 heterocycles. The van der Waals surface area contributed by atoms with Crippen molar-refractivity contribution in [2.24, 2.45) is 5.92 Å². The molecule has 4 nitrogen and oxygen atoms in total. The van der Waals surface area contributed by atoms with Gasteiger partial charge in [0, 0.05) is 11.8 Å². The summed E-state index contributed by atoms with van der Waals surface area (Å²) in [5.74, 6) is -0.349. The lowest BCUT2D eigenvalue weighted by Crippen LogP contribution is -2.22. The number of anilines is 1. The van der Waals surface area contributed by atoms with Gasteiger partial charge >= 0.3 is 0 Å². The van der Waals surface area contributed by atoms with Crippen LogP contribution in [0.2, 0.25) is 0 Å². The minimum absolute atomic E-state index is 0.0423. The number of carbonyl (C=O) groups is 1. The standard InChI is InChI=1S/C15H17F2N3OS3/c1-8(2)7-22-14-19-20-15(24-14)23-9(3)13(21)18-12-5-4-10(16)6-11(12)17/h4-6,8-9H,7H2,1-3H3,(H,18,21)/t9-/m1/s1. The third kappa shape index (κ3) is 5.71. The molecule has 2 aromatic rings. The van der Waals surface area contributed by atoms with E-state index >= 15 is 0 Å². The zero-order valence-corrected chi connectivity index (χ0v) is 15.8. The number of amides is 1. The first kappa shape index (κ1) is 19.1. The topological polar surface area (TPSA) is 54.9 Å². The molecule has 9 heteroatoms. The molecule has 0 spiro atoms. The number of hydrogen-bond donors (Lipinski definition) is 1. The van der Waals surface area contributed by atoms with Gasteiger partial charge in [-0.3, -0.25) is 4.79 Å². The third-order valence-electron chi connectivity index (χ3n) is 2.76. The van der Waals surface area contributed by atoms with Crippen LogP contribution in [0.5, 0.6) is 0 Å². The Labute approximate surface area is 151 Å². The van der Waals surface area contributed by atoms with Crippen LogP contribution in [0, 0.1) is 17.6 Å². The highest BCUT2D eigenvalue weighted by Crippen LogP contribution is 2.32. The molecule has 0 saturated heterocycles. The number of nitrogens with one attached hydrogen (secondary N) is 1. The second-order valence-corrected chi connectivity index (χ2v) is 9.24. The zero-order chi connectivity index (χ0) is 17.7. The summed E-state index contributed by atoms with van der Waals surface area (Å²) in [7, 11) is 0. The largest absolute Gasteiger partial charge is 0.323 e. The Morgan fingerprint density at radius 2 is 1.96 bits per heavy atom. The van der Waals surface area contributed by atoms with Gasteiger partial charge in [0.2, 0.25) is 5.91 Å². The lowest BCUT2D eigenvalue weighted by atomic mass is 10.3. The molecule has 0 aliphatic heterocycles. The van der Waals surface area contributed by atoms with Crippen molar-refractivity contribution in [2.45, 2.75) is 34.7 Å². The van der Waals surface area contributed by atoms with Crippen molar-refractivity contribution in [1.82, 2.24) is 10.2 Å². The van der Waals surface area contributed by atoms with Gasteiger partial charge in [-0.05, 0) is 25.0 Å². The molecule has 0 aliphatic carbocycles. The quantitative estimate of drug-likeness (QED) is 0.697. The Morgan fingerprint density at radius 3 is 2.62 bits per heavy atom. The van der Waals surface area contributed by atoms with Gasteiger partial charge in [0.25, 0.3) is 0 Å². The van der Waals surface area contributed by atoms with Gasteiger partial charge in [-0.15, -0.1) is 10.2 Å². The number of aromatic nitrogens is 2. The maximum Gasteiger partial charge on any atom is 0.237 e. The monoisotopic (exact) mass is 389 g/mol. The van der Waals surface area contributed by atoms with Crippen LogP contribution in [-0.2, 0) is 4.79 Å². The molecule has 1 N–H and O–H groups in total. The summed E-state index contributed by atoms with van der Waals surface area (Å²) in [6, 6.07) is 3.03. The predicted octanol–water partition coefficient (Wildman–Crippen LogP) is 4.68. The fraction of sp³-hybridized carbons (Fsp3) is 0.400. The van der Waals surface area contributed by atoms with Gasteiger partial charge in [0.1, 0.15) is 11.6 Å².